The number of ketones is 1. The fourth-order valence-electron chi connectivity index (χ4n) is 10.5. The van der Waals surface area contributed by atoms with Crippen molar-refractivity contribution < 1.29 is 39.8 Å². The van der Waals surface area contributed by atoms with Gasteiger partial charge < -0.3 is 45.3 Å². The Morgan fingerprint density at radius 3 is 2.40 bits per heavy atom. The zero-order valence-corrected chi connectivity index (χ0v) is 35.6. The average Bonchev–Trinajstić information content (AvgIpc) is 3.80. The first-order valence-corrected chi connectivity index (χ1v) is 21.4. The van der Waals surface area contributed by atoms with Crippen LogP contribution in [0.5, 0.6) is 28.7 Å². The van der Waals surface area contributed by atoms with Gasteiger partial charge in [-0.15, -0.1) is 0 Å². The molecule has 0 aliphatic heterocycles. The van der Waals surface area contributed by atoms with Crippen LogP contribution in [0.4, 0.5) is 0 Å². The Balaban J connectivity index is 1.27. The summed E-state index contributed by atoms with van der Waals surface area (Å²) in [5, 5.41) is 63.5. The SMILES string of the molecule is CCc1ccc2ccccc2c1C1C=CC(C(Cc2cc[n-]c2)C(O)C2CCC(O)C(Cc3ccc(O)c(OC)c3)(c3cc(O)cc(CNC)c3)C2=O)c2ccc(O)c(OC)c21. The van der Waals surface area contributed by atoms with E-state index in [0.29, 0.717) is 29.8 Å². The number of hydrogen-bond donors (Lipinski definition) is 6. The molecule has 0 saturated heterocycles. The van der Waals surface area contributed by atoms with Gasteiger partial charge in [-0.25, -0.2) is 0 Å². The Bertz CT molecular complexity index is 2600. The number of aliphatic hydroxyl groups excluding tert-OH is 2. The molecule has 0 amide bonds. The number of aromatic nitrogens is 1. The van der Waals surface area contributed by atoms with Gasteiger partial charge in [0, 0.05) is 29.9 Å². The fraction of sp³-hybridized carbons (Fsp3) is 0.327. The molecule has 1 fully saturated rings. The minimum absolute atomic E-state index is 0.0109. The van der Waals surface area contributed by atoms with Gasteiger partial charge in [-0.2, -0.15) is 12.4 Å². The highest BCUT2D eigenvalue weighted by Gasteiger charge is 2.55. The molecule has 6 aromatic rings. The lowest BCUT2D eigenvalue weighted by Gasteiger charge is -2.47. The van der Waals surface area contributed by atoms with E-state index in [1.165, 1.54) is 24.8 Å². The van der Waals surface area contributed by atoms with Gasteiger partial charge in [0.05, 0.1) is 31.8 Å². The van der Waals surface area contributed by atoms with E-state index in [9.17, 15) is 25.5 Å². The third-order valence-corrected chi connectivity index (χ3v) is 13.4. The van der Waals surface area contributed by atoms with Gasteiger partial charge in [0.25, 0.3) is 0 Å². The molecule has 322 valence electrons. The van der Waals surface area contributed by atoms with Gasteiger partial charge in [-0.3, -0.25) is 4.79 Å². The minimum atomic E-state index is -1.59. The highest BCUT2D eigenvalue weighted by atomic mass is 16.5. The predicted octanol–water partition coefficient (Wildman–Crippen LogP) is 7.74. The highest BCUT2D eigenvalue weighted by molar-refractivity contribution is 5.95. The van der Waals surface area contributed by atoms with Crippen LogP contribution in [0, 0.1) is 11.8 Å². The van der Waals surface area contributed by atoms with Crippen LogP contribution in [-0.4, -0.2) is 64.8 Å². The molecule has 1 saturated carbocycles. The molecular formula is C52H55N2O8-. The number of aryl methyl sites for hydroxylation is 1. The number of rotatable bonds is 14. The zero-order chi connectivity index (χ0) is 43.7. The quantitative estimate of drug-likeness (QED) is 0.0599. The van der Waals surface area contributed by atoms with Gasteiger partial charge in [-0.1, -0.05) is 85.3 Å². The molecule has 7 atom stereocenters. The second-order valence-corrected chi connectivity index (χ2v) is 16.9. The fourth-order valence-corrected chi connectivity index (χ4v) is 10.5. The molecular weight excluding hydrogens is 781 g/mol. The lowest BCUT2D eigenvalue weighted by molar-refractivity contribution is -0.144. The molecule has 10 nitrogen and oxygen atoms in total. The molecule has 8 rings (SSSR count). The van der Waals surface area contributed by atoms with Crippen LogP contribution in [-0.2, 0) is 36.0 Å². The lowest BCUT2D eigenvalue weighted by atomic mass is 9.57. The van der Waals surface area contributed by atoms with Gasteiger partial charge in [0.2, 0.25) is 0 Å². The van der Waals surface area contributed by atoms with Gasteiger partial charge >= 0.3 is 0 Å². The summed E-state index contributed by atoms with van der Waals surface area (Å²) in [6.07, 6.45) is 7.03. The van der Waals surface area contributed by atoms with Crippen molar-refractivity contribution in [1.82, 2.24) is 10.3 Å². The van der Waals surface area contributed by atoms with Crippen molar-refractivity contribution >= 4 is 16.6 Å². The molecule has 2 aliphatic carbocycles. The number of phenols is 3. The van der Waals surface area contributed by atoms with Crippen molar-refractivity contribution in [3.8, 4) is 28.7 Å². The molecule has 1 aromatic heterocycles. The maximum absolute atomic E-state index is 15.7. The van der Waals surface area contributed by atoms with E-state index in [0.717, 1.165) is 45.0 Å². The normalized spacial score (nSPS) is 22.0. The van der Waals surface area contributed by atoms with Crippen molar-refractivity contribution in [3.63, 3.8) is 0 Å². The molecule has 6 N–H and O–H groups in total. The third kappa shape index (κ3) is 7.61. The molecule has 10 heteroatoms. The number of hydrogen-bond acceptors (Lipinski definition) is 9. The van der Waals surface area contributed by atoms with Crippen LogP contribution in [0.2, 0.25) is 0 Å². The van der Waals surface area contributed by atoms with E-state index in [4.69, 9.17) is 9.47 Å². The summed E-state index contributed by atoms with van der Waals surface area (Å²) in [6, 6.07) is 27.9. The average molecular weight is 836 g/mol. The number of fused-ring (bicyclic) bond motifs is 2. The Hall–Kier alpha value is -6.07. The van der Waals surface area contributed by atoms with Crippen LogP contribution in [0.1, 0.15) is 76.1 Å². The summed E-state index contributed by atoms with van der Waals surface area (Å²) in [4.78, 5) is 20.1. The molecule has 5 aromatic carbocycles. The number of phenolic OH excluding ortho intramolecular Hbond substituents is 3. The summed E-state index contributed by atoms with van der Waals surface area (Å²) in [5.74, 6) is -2.08. The maximum atomic E-state index is 15.7. The van der Waals surface area contributed by atoms with E-state index in [-0.39, 0.29) is 54.0 Å². The van der Waals surface area contributed by atoms with Crippen molar-refractivity contribution in [2.75, 3.05) is 21.3 Å². The third-order valence-electron chi connectivity index (χ3n) is 13.4. The second-order valence-electron chi connectivity index (χ2n) is 16.9. The van der Waals surface area contributed by atoms with E-state index in [2.05, 4.69) is 53.6 Å². The number of carbonyl (C=O) groups is 1. The largest absolute Gasteiger partial charge is 0.670 e. The summed E-state index contributed by atoms with van der Waals surface area (Å²) < 4.78 is 11.5. The summed E-state index contributed by atoms with van der Waals surface area (Å²) in [7, 11) is 4.80. The van der Waals surface area contributed by atoms with Crippen LogP contribution < -0.4 is 19.8 Å². The van der Waals surface area contributed by atoms with E-state index >= 15 is 4.79 Å². The first-order valence-electron chi connectivity index (χ1n) is 21.4. The van der Waals surface area contributed by atoms with Gasteiger partial charge in [0.1, 0.15) is 5.75 Å². The molecule has 0 bridgehead atoms. The number of nitrogens with one attached hydrogen (secondary N) is 1. The van der Waals surface area contributed by atoms with Crippen LogP contribution in [0.3, 0.4) is 0 Å². The second kappa shape index (κ2) is 17.7. The van der Waals surface area contributed by atoms with Crippen LogP contribution in [0.25, 0.3) is 10.8 Å². The smallest absolute Gasteiger partial charge is 0.164 e. The molecule has 0 radical (unpaired) electrons. The number of aromatic hydroxyl groups is 3. The Kier molecular flexibility index (Phi) is 12.2. The first kappa shape index (κ1) is 42.6. The van der Waals surface area contributed by atoms with Crippen molar-refractivity contribution in [3.05, 3.63) is 160 Å². The standard InChI is InChI=1S/C52H55N2O8/c1-5-33-11-12-34-8-6-7-9-37(34)47(33)40-14-13-38(39-15-18-44(57)50(62-4)48(39)40)42(24-31-20-21-54-29-31)49(59)41-16-19-46(58)52(51(41)60,27-30-10-17-43(56)45(25-30)61-3)35-22-32(28-53-2)23-36(55)26-35/h6-15,17-18,20-23,25-26,29,38,40-42,46,49,53,55-59H,5,16,19,24,27-28H2,1-4H3/q-1. The number of allylic oxidation sites excluding steroid dienone is 2. The minimum Gasteiger partial charge on any atom is -0.670 e. The monoisotopic (exact) mass is 835 g/mol. The Labute approximate surface area is 362 Å². The zero-order valence-electron chi connectivity index (χ0n) is 35.6. The predicted molar refractivity (Wildman–Crippen MR) is 239 cm³/mol. The lowest BCUT2D eigenvalue weighted by Crippen LogP contribution is -2.57. The number of nitrogens with zero attached hydrogens (tertiary/aromatic N) is 1. The number of aliphatic hydroxyl groups is 2. The summed E-state index contributed by atoms with van der Waals surface area (Å²) in [6.45, 7) is 2.54. The molecule has 7 unspecified atom stereocenters. The number of Topliss-reactive ketones (excluding diaryl/α,β-unsaturated/α-hetero) is 1. The topological polar surface area (TPSA) is 163 Å². The van der Waals surface area contributed by atoms with Crippen LogP contribution >= 0.6 is 0 Å². The summed E-state index contributed by atoms with van der Waals surface area (Å²) >= 11 is 0. The van der Waals surface area contributed by atoms with E-state index in [1.54, 1.807) is 50.8 Å². The van der Waals surface area contributed by atoms with Gasteiger partial charge in [-0.05, 0) is 120 Å². The molecule has 1 heterocycles. The molecule has 62 heavy (non-hydrogen) atoms. The number of benzene rings is 5. The Morgan fingerprint density at radius 2 is 1.66 bits per heavy atom. The maximum Gasteiger partial charge on any atom is 0.164 e. The Morgan fingerprint density at radius 1 is 0.855 bits per heavy atom. The van der Waals surface area contributed by atoms with Crippen molar-refractivity contribution in [2.45, 2.75) is 75.0 Å². The number of ether oxygens (including phenoxy) is 2. The molecule has 0 spiro atoms. The number of carbonyl (C=O) groups excluding carboxylic acids is 1. The number of methoxy groups -OCH3 is 2. The van der Waals surface area contributed by atoms with Crippen molar-refractivity contribution in [1.29, 1.82) is 0 Å². The van der Waals surface area contributed by atoms with Crippen LogP contribution in [0.15, 0.2) is 116 Å². The van der Waals surface area contributed by atoms with E-state index < -0.39 is 35.4 Å². The highest BCUT2D eigenvalue weighted by Crippen LogP contribution is 2.53. The van der Waals surface area contributed by atoms with Crippen molar-refractivity contribution in [2.24, 2.45) is 11.8 Å². The van der Waals surface area contributed by atoms with E-state index in [1.807, 2.05) is 30.3 Å². The molecule has 2 aliphatic rings. The van der Waals surface area contributed by atoms with Gasteiger partial charge in [0.15, 0.2) is 28.8 Å². The first-order chi connectivity index (χ1) is 30.0. The summed E-state index contributed by atoms with van der Waals surface area (Å²) in [5.41, 5.74) is 5.08.